The monoisotopic (exact) mass is 534 g/mol. The fraction of sp³-hybridized carbons (Fsp3) is 0.115. The SMILES string of the molecule is COc1ccc2nc(N3C(=O)C(=O)/C(=C(/O)c4ccc(C)cc4)[C@H]3c3cccc(Br)c3)sc2c1. The van der Waals surface area contributed by atoms with E-state index in [0.29, 0.717) is 27.5 Å². The number of halogens is 1. The highest BCUT2D eigenvalue weighted by Gasteiger charge is 2.48. The van der Waals surface area contributed by atoms with E-state index < -0.39 is 17.7 Å². The number of hydrogen-bond acceptors (Lipinski definition) is 6. The van der Waals surface area contributed by atoms with E-state index in [1.807, 2.05) is 55.5 Å². The molecule has 6 nitrogen and oxygen atoms in total. The van der Waals surface area contributed by atoms with Gasteiger partial charge >= 0.3 is 5.91 Å². The zero-order valence-electron chi connectivity index (χ0n) is 18.3. The maximum absolute atomic E-state index is 13.3. The van der Waals surface area contributed by atoms with Gasteiger partial charge in [-0.2, -0.15) is 0 Å². The number of hydrogen-bond donors (Lipinski definition) is 1. The van der Waals surface area contributed by atoms with Gasteiger partial charge in [0.2, 0.25) is 0 Å². The van der Waals surface area contributed by atoms with Gasteiger partial charge in [-0.1, -0.05) is 69.2 Å². The summed E-state index contributed by atoms with van der Waals surface area (Å²) in [6.07, 6.45) is 0. The molecule has 34 heavy (non-hydrogen) atoms. The van der Waals surface area contributed by atoms with E-state index in [2.05, 4.69) is 20.9 Å². The third kappa shape index (κ3) is 3.78. The van der Waals surface area contributed by atoms with Crippen molar-refractivity contribution in [2.45, 2.75) is 13.0 Å². The van der Waals surface area contributed by atoms with Crippen LogP contribution in [0.1, 0.15) is 22.7 Å². The van der Waals surface area contributed by atoms with Crippen LogP contribution >= 0.6 is 27.3 Å². The van der Waals surface area contributed by atoms with Crippen LogP contribution in [-0.2, 0) is 9.59 Å². The highest BCUT2D eigenvalue weighted by molar-refractivity contribution is 9.10. The minimum absolute atomic E-state index is 0.0313. The van der Waals surface area contributed by atoms with Crippen LogP contribution in [0.2, 0.25) is 0 Å². The Hall–Kier alpha value is -3.49. The zero-order valence-corrected chi connectivity index (χ0v) is 20.7. The topological polar surface area (TPSA) is 79.7 Å². The number of aliphatic hydroxyl groups is 1. The van der Waals surface area contributed by atoms with E-state index in [-0.39, 0.29) is 11.3 Å². The summed E-state index contributed by atoms with van der Waals surface area (Å²) in [5.74, 6) is -1.02. The Labute approximate surface area is 208 Å². The van der Waals surface area contributed by atoms with Crippen molar-refractivity contribution in [1.82, 2.24) is 4.98 Å². The number of aliphatic hydroxyl groups excluding tert-OH is 1. The lowest BCUT2D eigenvalue weighted by Gasteiger charge is -2.23. The van der Waals surface area contributed by atoms with Crippen molar-refractivity contribution in [1.29, 1.82) is 0 Å². The molecule has 2 heterocycles. The van der Waals surface area contributed by atoms with Crippen LogP contribution in [0.15, 0.2) is 76.8 Å². The summed E-state index contributed by atoms with van der Waals surface area (Å²) >= 11 is 4.77. The van der Waals surface area contributed by atoms with Gasteiger partial charge in [-0.05, 0) is 42.8 Å². The van der Waals surface area contributed by atoms with Crippen molar-refractivity contribution in [3.63, 3.8) is 0 Å². The Morgan fingerprint density at radius 3 is 2.56 bits per heavy atom. The summed E-state index contributed by atoms with van der Waals surface area (Å²) in [6.45, 7) is 1.94. The first-order chi connectivity index (χ1) is 16.4. The van der Waals surface area contributed by atoms with Crippen LogP contribution in [0.25, 0.3) is 16.0 Å². The first-order valence-electron chi connectivity index (χ1n) is 10.5. The Bertz CT molecular complexity index is 1480. The molecule has 4 aromatic rings. The molecule has 1 aliphatic rings. The van der Waals surface area contributed by atoms with Crippen LogP contribution in [0.3, 0.4) is 0 Å². The Balaban J connectivity index is 1.72. The summed E-state index contributed by atoms with van der Waals surface area (Å²) in [4.78, 5) is 32.6. The smallest absolute Gasteiger partial charge is 0.301 e. The molecule has 0 spiro atoms. The number of aromatic nitrogens is 1. The number of ketones is 1. The lowest BCUT2D eigenvalue weighted by Crippen LogP contribution is -2.29. The summed E-state index contributed by atoms with van der Waals surface area (Å²) in [5.41, 5.74) is 2.89. The number of rotatable bonds is 4. The maximum Gasteiger partial charge on any atom is 0.301 e. The highest BCUT2D eigenvalue weighted by Crippen LogP contribution is 2.45. The number of anilines is 1. The number of thiazole rings is 1. The second kappa shape index (κ2) is 8.70. The number of aryl methyl sites for hydroxylation is 1. The molecular formula is C26H19BrN2O4S. The maximum atomic E-state index is 13.3. The molecule has 1 saturated heterocycles. The quantitative estimate of drug-likeness (QED) is 0.197. The molecule has 1 N–H and O–H groups in total. The van der Waals surface area contributed by atoms with Gasteiger partial charge in [0.25, 0.3) is 5.78 Å². The molecule has 8 heteroatoms. The van der Waals surface area contributed by atoms with Crippen LogP contribution in [0, 0.1) is 6.92 Å². The van der Waals surface area contributed by atoms with Crippen molar-refractivity contribution in [3.05, 3.63) is 93.5 Å². The second-order valence-electron chi connectivity index (χ2n) is 7.92. The van der Waals surface area contributed by atoms with Gasteiger partial charge < -0.3 is 9.84 Å². The van der Waals surface area contributed by atoms with E-state index in [9.17, 15) is 14.7 Å². The van der Waals surface area contributed by atoms with Gasteiger partial charge in [0.1, 0.15) is 11.5 Å². The second-order valence-corrected chi connectivity index (χ2v) is 9.84. The minimum atomic E-state index is -0.832. The Kier molecular flexibility index (Phi) is 5.71. The molecule has 0 unspecified atom stereocenters. The largest absolute Gasteiger partial charge is 0.507 e. The molecule has 1 fully saturated rings. The van der Waals surface area contributed by atoms with Gasteiger partial charge in [-0.15, -0.1) is 0 Å². The van der Waals surface area contributed by atoms with Gasteiger partial charge in [0.05, 0.1) is 28.9 Å². The molecule has 0 bridgehead atoms. The van der Waals surface area contributed by atoms with E-state index >= 15 is 0 Å². The van der Waals surface area contributed by atoms with Crippen LogP contribution < -0.4 is 9.64 Å². The summed E-state index contributed by atoms with van der Waals surface area (Å²) in [7, 11) is 1.58. The van der Waals surface area contributed by atoms with E-state index in [1.54, 1.807) is 25.3 Å². The molecule has 1 aliphatic heterocycles. The number of nitrogens with zero attached hydrogens (tertiary/aromatic N) is 2. The lowest BCUT2D eigenvalue weighted by atomic mass is 9.95. The van der Waals surface area contributed by atoms with Gasteiger partial charge in [0, 0.05) is 10.0 Å². The Morgan fingerprint density at radius 2 is 1.85 bits per heavy atom. The standard InChI is InChI=1S/C26H19BrN2O4S/c1-14-6-8-15(9-7-14)23(30)21-22(16-4-3-5-17(27)12-16)29(25(32)24(21)31)26-28-19-11-10-18(33-2)13-20(19)34-26/h3-13,22,30H,1-2H3/b23-21+/t22-/m1/s1. The molecule has 0 saturated carbocycles. The van der Waals surface area contributed by atoms with Gasteiger partial charge in [-0.25, -0.2) is 4.98 Å². The fourth-order valence-electron chi connectivity index (χ4n) is 4.01. The molecule has 1 amide bonds. The van der Waals surface area contributed by atoms with E-state index in [0.717, 1.165) is 14.7 Å². The van der Waals surface area contributed by atoms with Crippen molar-refractivity contribution in [3.8, 4) is 5.75 Å². The lowest BCUT2D eigenvalue weighted by molar-refractivity contribution is -0.132. The van der Waals surface area contributed by atoms with Crippen LogP contribution in [0.5, 0.6) is 5.75 Å². The van der Waals surface area contributed by atoms with E-state index in [1.165, 1.54) is 16.2 Å². The number of ether oxygens (including phenoxy) is 1. The van der Waals surface area contributed by atoms with Crippen LogP contribution in [-0.4, -0.2) is 28.9 Å². The molecular weight excluding hydrogens is 516 g/mol. The molecule has 1 aromatic heterocycles. The van der Waals surface area contributed by atoms with Crippen molar-refractivity contribution >= 4 is 60.1 Å². The van der Waals surface area contributed by atoms with Crippen molar-refractivity contribution in [2.24, 2.45) is 0 Å². The third-order valence-electron chi connectivity index (χ3n) is 5.72. The minimum Gasteiger partial charge on any atom is -0.507 e. The normalized spacial score (nSPS) is 17.5. The van der Waals surface area contributed by atoms with Gasteiger partial charge in [0.15, 0.2) is 5.13 Å². The molecule has 5 rings (SSSR count). The molecule has 0 aliphatic carbocycles. The fourth-order valence-corrected chi connectivity index (χ4v) is 5.45. The first kappa shape index (κ1) is 22.3. The predicted octanol–water partition coefficient (Wildman–Crippen LogP) is 6.00. The predicted molar refractivity (Wildman–Crippen MR) is 136 cm³/mol. The number of Topliss-reactive ketones (excluding diaryl/α,β-unsaturated/α-hetero) is 1. The number of methoxy groups -OCH3 is 1. The summed E-state index contributed by atoms with van der Waals surface area (Å²) in [5, 5.41) is 11.6. The first-order valence-corrected chi connectivity index (χ1v) is 12.1. The average molecular weight is 535 g/mol. The van der Waals surface area contributed by atoms with Crippen LogP contribution in [0.4, 0.5) is 5.13 Å². The number of carbonyl (C=O) groups is 2. The van der Waals surface area contributed by atoms with Crippen molar-refractivity contribution in [2.75, 3.05) is 12.0 Å². The van der Waals surface area contributed by atoms with Crippen molar-refractivity contribution < 1.29 is 19.4 Å². The van der Waals surface area contributed by atoms with E-state index in [4.69, 9.17) is 4.74 Å². The third-order valence-corrected chi connectivity index (χ3v) is 7.23. The highest BCUT2D eigenvalue weighted by atomic mass is 79.9. The van der Waals surface area contributed by atoms with Gasteiger partial charge in [-0.3, -0.25) is 14.5 Å². The Morgan fingerprint density at radius 1 is 1.09 bits per heavy atom. The summed E-state index contributed by atoms with van der Waals surface area (Å²) < 4.78 is 6.92. The molecule has 0 radical (unpaired) electrons. The number of amides is 1. The average Bonchev–Trinajstić information content (AvgIpc) is 3.36. The molecule has 170 valence electrons. The zero-order chi connectivity index (χ0) is 24.0. The number of benzene rings is 3. The number of carbonyl (C=O) groups excluding carboxylic acids is 2. The molecule has 1 atom stereocenters. The number of fused-ring (bicyclic) bond motifs is 1. The summed E-state index contributed by atoms with van der Waals surface area (Å²) in [6, 6.07) is 19.1. The molecule has 3 aromatic carbocycles.